The Labute approximate surface area is 87.5 Å². The lowest BCUT2D eigenvalue weighted by Crippen LogP contribution is -2.09. The van der Waals surface area contributed by atoms with Crippen LogP contribution >= 0.6 is 0 Å². The van der Waals surface area contributed by atoms with Gasteiger partial charge in [0.05, 0.1) is 11.4 Å². The van der Waals surface area contributed by atoms with Crippen molar-refractivity contribution < 1.29 is 0 Å². The van der Waals surface area contributed by atoms with Gasteiger partial charge in [0.1, 0.15) is 5.71 Å². The lowest BCUT2D eigenvalue weighted by atomic mass is 10.1. The minimum Gasteiger partial charge on any atom is -0.323 e. The summed E-state index contributed by atoms with van der Waals surface area (Å²) in [7, 11) is 0. The minimum absolute atomic E-state index is 0.594. The number of aromatic nitrogens is 2. The molecule has 0 unspecified atom stereocenters. The third kappa shape index (κ3) is 1.99. The molecule has 2 aromatic heterocycles. The van der Waals surface area contributed by atoms with Crippen molar-refractivity contribution in [2.45, 2.75) is 0 Å². The minimum atomic E-state index is 0.594. The van der Waals surface area contributed by atoms with E-state index in [1.165, 1.54) is 0 Å². The normalized spacial score (nSPS) is 9.60. The molecule has 2 rings (SSSR count). The van der Waals surface area contributed by atoms with Crippen LogP contribution in [0.5, 0.6) is 0 Å². The van der Waals surface area contributed by atoms with Gasteiger partial charge in [0.2, 0.25) is 0 Å². The second-order valence-corrected chi connectivity index (χ2v) is 2.91. The van der Waals surface area contributed by atoms with Crippen LogP contribution in [0.2, 0.25) is 0 Å². The van der Waals surface area contributed by atoms with Crippen molar-refractivity contribution in [3.8, 4) is 0 Å². The van der Waals surface area contributed by atoms with Crippen LogP contribution in [0.1, 0.15) is 11.4 Å². The summed E-state index contributed by atoms with van der Waals surface area (Å²) in [4.78, 5) is 8.35. The van der Waals surface area contributed by atoms with Crippen LogP contribution in [-0.4, -0.2) is 15.7 Å². The molecule has 2 N–H and O–H groups in total. The molecule has 0 aliphatic carbocycles. The fourth-order valence-corrected chi connectivity index (χ4v) is 1.27. The largest absolute Gasteiger partial charge is 0.323 e. The molecule has 15 heavy (non-hydrogen) atoms. The highest BCUT2D eigenvalue weighted by Gasteiger charge is 2.07. The van der Waals surface area contributed by atoms with Crippen LogP contribution in [0.25, 0.3) is 0 Å². The molecule has 0 spiro atoms. The molecular formula is C11H10N4. The van der Waals surface area contributed by atoms with Crippen LogP contribution in [-0.2, 0) is 0 Å². The molecule has 0 radical (unpaired) electrons. The van der Waals surface area contributed by atoms with Gasteiger partial charge in [-0.1, -0.05) is 12.1 Å². The van der Waals surface area contributed by atoms with Gasteiger partial charge in [-0.15, -0.1) is 0 Å². The third-order valence-electron chi connectivity index (χ3n) is 1.94. The number of hydrazone groups is 1. The van der Waals surface area contributed by atoms with Gasteiger partial charge < -0.3 is 5.84 Å². The maximum absolute atomic E-state index is 5.34. The number of nitrogens with zero attached hydrogens (tertiary/aromatic N) is 3. The van der Waals surface area contributed by atoms with Gasteiger partial charge in [0.15, 0.2) is 0 Å². The van der Waals surface area contributed by atoms with E-state index in [1.54, 1.807) is 12.4 Å². The quantitative estimate of drug-likeness (QED) is 0.448. The molecule has 2 aromatic rings. The van der Waals surface area contributed by atoms with Gasteiger partial charge in [-0.3, -0.25) is 9.97 Å². The Balaban J connectivity index is 2.44. The average Bonchev–Trinajstić information content (AvgIpc) is 2.33. The highest BCUT2D eigenvalue weighted by molar-refractivity contribution is 6.10. The molecule has 0 saturated heterocycles. The van der Waals surface area contributed by atoms with Crippen molar-refractivity contribution in [1.82, 2.24) is 9.97 Å². The van der Waals surface area contributed by atoms with E-state index in [4.69, 9.17) is 5.84 Å². The summed E-state index contributed by atoms with van der Waals surface area (Å²) < 4.78 is 0. The van der Waals surface area contributed by atoms with Gasteiger partial charge in [0, 0.05) is 12.4 Å². The molecule has 0 amide bonds. The fourth-order valence-electron chi connectivity index (χ4n) is 1.27. The summed E-state index contributed by atoms with van der Waals surface area (Å²) in [6.45, 7) is 0. The molecular weight excluding hydrogens is 188 g/mol. The Hall–Kier alpha value is -2.23. The second kappa shape index (κ2) is 4.32. The highest BCUT2D eigenvalue weighted by Crippen LogP contribution is 2.04. The Morgan fingerprint density at radius 1 is 0.933 bits per heavy atom. The fraction of sp³-hybridized carbons (Fsp3) is 0. The number of hydrogen-bond acceptors (Lipinski definition) is 4. The molecule has 0 aliphatic heterocycles. The topological polar surface area (TPSA) is 64.2 Å². The van der Waals surface area contributed by atoms with Gasteiger partial charge in [0.25, 0.3) is 0 Å². The van der Waals surface area contributed by atoms with Crippen molar-refractivity contribution in [1.29, 1.82) is 0 Å². The molecule has 0 atom stereocenters. The van der Waals surface area contributed by atoms with Crippen molar-refractivity contribution in [3.63, 3.8) is 0 Å². The van der Waals surface area contributed by atoms with Crippen LogP contribution in [0.3, 0.4) is 0 Å². The number of rotatable bonds is 2. The van der Waals surface area contributed by atoms with Gasteiger partial charge in [-0.25, -0.2) is 0 Å². The molecule has 0 fully saturated rings. The summed E-state index contributed by atoms with van der Waals surface area (Å²) >= 11 is 0. The number of hydrogen-bond donors (Lipinski definition) is 1. The Bertz CT molecular complexity index is 409. The zero-order chi connectivity index (χ0) is 10.5. The predicted molar refractivity (Wildman–Crippen MR) is 58.3 cm³/mol. The van der Waals surface area contributed by atoms with Gasteiger partial charge in [-0.05, 0) is 24.3 Å². The lowest BCUT2D eigenvalue weighted by molar-refractivity contribution is 1.18. The average molecular weight is 198 g/mol. The highest BCUT2D eigenvalue weighted by atomic mass is 15.1. The SMILES string of the molecule is NN=C(c1ccccn1)c1ccccn1. The van der Waals surface area contributed by atoms with Crippen LogP contribution < -0.4 is 5.84 Å². The Morgan fingerprint density at radius 2 is 1.47 bits per heavy atom. The Morgan fingerprint density at radius 3 is 1.80 bits per heavy atom. The summed E-state index contributed by atoms with van der Waals surface area (Å²) in [5.74, 6) is 5.34. The van der Waals surface area contributed by atoms with E-state index in [0.717, 1.165) is 11.4 Å². The zero-order valence-corrected chi connectivity index (χ0v) is 8.04. The molecule has 4 heteroatoms. The van der Waals surface area contributed by atoms with Crippen LogP contribution in [0.15, 0.2) is 53.9 Å². The second-order valence-electron chi connectivity index (χ2n) is 2.91. The van der Waals surface area contributed by atoms with Gasteiger partial charge >= 0.3 is 0 Å². The van der Waals surface area contributed by atoms with Crippen LogP contribution in [0, 0.1) is 0 Å². The zero-order valence-electron chi connectivity index (χ0n) is 8.04. The molecule has 2 heterocycles. The van der Waals surface area contributed by atoms with E-state index >= 15 is 0 Å². The van der Waals surface area contributed by atoms with E-state index in [-0.39, 0.29) is 0 Å². The van der Waals surface area contributed by atoms with Crippen molar-refractivity contribution >= 4 is 5.71 Å². The molecule has 0 bridgehead atoms. The molecule has 0 saturated carbocycles. The first kappa shape index (κ1) is 9.33. The number of pyridine rings is 2. The van der Waals surface area contributed by atoms with Crippen molar-refractivity contribution in [2.75, 3.05) is 0 Å². The summed E-state index contributed by atoms with van der Waals surface area (Å²) in [6, 6.07) is 11.2. The van der Waals surface area contributed by atoms with E-state index in [2.05, 4.69) is 15.1 Å². The van der Waals surface area contributed by atoms with E-state index < -0.39 is 0 Å². The smallest absolute Gasteiger partial charge is 0.134 e. The molecule has 74 valence electrons. The monoisotopic (exact) mass is 198 g/mol. The van der Waals surface area contributed by atoms with Crippen molar-refractivity contribution in [3.05, 3.63) is 60.2 Å². The van der Waals surface area contributed by atoms with E-state index in [1.807, 2.05) is 36.4 Å². The lowest BCUT2D eigenvalue weighted by Gasteiger charge is -2.02. The first-order valence-corrected chi connectivity index (χ1v) is 4.52. The maximum atomic E-state index is 5.34. The van der Waals surface area contributed by atoms with Gasteiger partial charge in [-0.2, -0.15) is 5.10 Å². The number of nitrogens with two attached hydrogens (primary N) is 1. The van der Waals surface area contributed by atoms with E-state index in [0.29, 0.717) is 5.71 Å². The first-order valence-electron chi connectivity index (χ1n) is 4.52. The molecule has 0 aromatic carbocycles. The predicted octanol–water partition coefficient (Wildman–Crippen LogP) is 1.19. The third-order valence-corrected chi connectivity index (χ3v) is 1.94. The summed E-state index contributed by atoms with van der Waals surface area (Å²) in [5.41, 5.74) is 2.04. The van der Waals surface area contributed by atoms with E-state index in [9.17, 15) is 0 Å². The maximum Gasteiger partial charge on any atom is 0.134 e. The van der Waals surface area contributed by atoms with Crippen LogP contribution in [0.4, 0.5) is 0 Å². The summed E-state index contributed by atoms with van der Waals surface area (Å²) in [5, 5.41) is 3.72. The standard InChI is InChI=1S/C11H10N4/c12-15-11(9-5-1-3-7-13-9)10-6-2-4-8-14-10/h1-8H,12H2. The Kier molecular flexibility index (Phi) is 2.69. The molecule has 0 aliphatic rings. The summed E-state index contributed by atoms with van der Waals surface area (Å²) in [6.07, 6.45) is 3.40. The first-order chi connectivity index (χ1) is 7.42. The molecule has 4 nitrogen and oxygen atoms in total. The van der Waals surface area contributed by atoms with Crippen molar-refractivity contribution in [2.24, 2.45) is 10.9 Å².